The number of nitrogens with one attached hydrogen (secondary N) is 2. The number of halogens is 1. The van der Waals surface area contributed by atoms with E-state index in [0.29, 0.717) is 35.9 Å². The number of allylic oxidation sites excluding steroid dienone is 1. The van der Waals surface area contributed by atoms with Gasteiger partial charge in [0.1, 0.15) is 0 Å². The number of aromatic nitrogens is 1. The summed E-state index contributed by atoms with van der Waals surface area (Å²) in [6, 6.07) is 1.71. The fraction of sp³-hybridized carbons (Fsp3) is 0.467. The highest BCUT2D eigenvalue weighted by atomic mass is 35.5. The van der Waals surface area contributed by atoms with E-state index in [2.05, 4.69) is 23.8 Å². The maximum Gasteiger partial charge on any atom is 0.251 e. The van der Waals surface area contributed by atoms with Crippen molar-refractivity contribution in [3.63, 3.8) is 0 Å². The highest BCUT2D eigenvalue weighted by Gasteiger charge is 2.16. The van der Waals surface area contributed by atoms with E-state index in [9.17, 15) is 9.59 Å². The minimum absolute atomic E-state index is 0.0762. The van der Waals surface area contributed by atoms with Crippen LogP contribution in [0.25, 0.3) is 0 Å². The Kier molecular flexibility index (Phi) is 7.09. The van der Waals surface area contributed by atoms with Gasteiger partial charge in [-0.25, -0.2) is 0 Å². The van der Waals surface area contributed by atoms with E-state index in [1.807, 2.05) is 6.08 Å². The summed E-state index contributed by atoms with van der Waals surface area (Å²) in [6.45, 7) is 6.41. The summed E-state index contributed by atoms with van der Waals surface area (Å²) in [4.78, 5) is 24.9. The fourth-order valence-corrected chi connectivity index (χ4v) is 2.30. The quantitative estimate of drug-likeness (QED) is 0.418. The Morgan fingerprint density at radius 1 is 1.45 bits per heavy atom. The largest absolute Gasteiger partial charge is 0.359 e. The molecule has 0 aromatic carbocycles. The first-order chi connectivity index (χ1) is 9.58. The summed E-state index contributed by atoms with van der Waals surface area (Å²) in [7, 11) is 0. The lowest BCUT2D eigenvalue weighted by Crippen LogP contribution is -2.21. The van der Waals surface area contributed by atoms with Crippen LogP contribution in [-0.4, -0.2) is 17.9 Å². The van der Waals surface area contributed by atoms with E-state index in [-0.39, 0.29) is 11.5 Å². The molecule has 2 N–H and O–H groups in total. The Morgan fingerprint density at radius 3 is 2.85 bits per heavy atom. The highest BCUT2D eigenvalue weighted by Crippen LogP contribution is 2.25. The lowest BCUT2D eigenvalue weighted by Gasteiger charge is -2.18. The van der Waals surface area contributed by atoms with Crippen molar-refractivity contribution in [1.29, 1.82) is 0 Å². The van der Waals surface area contributed by atoms with Crippen molar-refractivity contribution in [2.75, 3.05) is 6.54 Å². The Morgan fingerprint density at radius 2 is 2.20 bits per heavy atom. The molecule has 1 heterocycles. The van der Waals surface area contributed by atoms with Gasteiger partial charge in [0.15, 0.2) is 0 Å². The summed E-state index contributed by atoms with van der Waals surface area (Å²) in [5.74, 6) is 0.474. The molecule has 0 aliphatic carbocycles. The van der Waals surface area contributed by atoms with Gasteiger partial charge >= 0.3 is 0 Å². The van der Waals surface area contributed by atoms with Crippen molar-refractivity contribution in [3.05, 3.63) is 45.9 Å². The normalized spacial score (nSPS) is 13.5. The van der Waals surface area contributed by atoms with Crippen molar-refractivity contribution in [3.8, 4) is 0 Å². The number of amides is 1. The maximum absolute atomic E-state index is 11.9. The lowest BCUT2D eigenvalue weighted by atomic mass is 9.89. The predicted octanol–water partition coefficient (Wildman–Crippen LogP) is 2.85. The first kappa shape index (κ1) is 16.5. The Balaban J connectivity index is 2.84. The fourth-order valence-electron chi connectivity index (χ4n) is 2.13. The molecule has 2 atom stereocenters. The van der Waals surface area contributed by atoms with Crippen LogP contribution in [0.3, 0.4) is 0 Å². The molecule has 110 valence electrons. The number of carbonyl (C=O) groups excluding carboxylic acids is 1. The second-order valence-corrected chi connectivity index (χ2v) is 5.39. The van der Waals surface area contributed by atoms with Crippen LogP contribution in [0.2, 0.25) is 5.02 Å². The van der Waals surface area contributed by atoms with Crippen LogP contribution in [0.5, 0.6) is 0 Å². The minimum atomic E-state index is -0.114. The number of hydrogen-bond donors (Lipinski definition) is 2. The van der Waals surface area contributed by atoms with Gasteiger partial charge in [-0.15, -0.1) is 6.58 Å². The zero-order chi connectivity index (χ0) is 15.0. The van der Waals surface area contributed by atoms with Crippen molar-refractivity contribution in [1.82, 2.24) is 10.3 Å². The summed E-state index contributed by atoms with van der Waals surface area (Å²) < 4.78 is 0. The first-order valence-electron chi connectivity index (χ1n) is 6.76. The average Bonchev–Trinajstić information content (AvgIpc) is 2.45. The predicted molar refractivity (Wildman–Crippen MR) is 82.1 cm³/mol. The molecule has 1 amide bonds. The summed E-state index contributed by atoms with van der Waals surface area (Å²) in [5.41, 5.74) is 0.568. The van der Waals surface area contributed by atoms with E-state index in [0.717, 1.165) is 12.8 Å². The van der Waals surface area contributed by atoms with Crippen LogP contribution in [0.4, 0.5) is 0 Å². The highest BCUT2D eigenvalue weighted by molar-refractivity contribution is 6.30. The summed E-state index contributed by atoms with van der Waals surface area (Å²) in [5, 5.41) is 3.16. The van der Waals surface area contributed by atoms with Crippen molar-refractivity contribution >= 4 is 18.0 Å². The molecule has 1 aromatic rings. The van der Waals surface area contributed by atoms with Gasteiger partial charge in [-0.2, -0.15) is 0 Å². The van der Waals surface area contributed by atoms with Gasteiger partial charge in [0.2, 0.25) is 6.41 Å². The van der Waals surface area contributed by atoms with E-state index < -0.39 is 0 Å². The minimum Gasteiger partial charge on any atom is -0.359 e. The van der Waals surface area contributed by atoms with Gasteiger partial charge in [0.25, 0.3) is 5.56 Å². The smallest absolute Gasteiger partial charge is 0.251 e. The van der Waals surface area contributed by atoms with Gasteiger partial charge in [-0.05, 0) is 37.2 Å². The van der Waals surface area contributed by atoms with Crippen LogP contribution in [0, 0.1) is 5.92 Å². The van der Waals surface area contributed by atoms with Crippen molar-refractivity contribution in [2.24, 2.45) is 5.92 Å². The lowest BCUT2D eigenvalue weighted by molar-refractivity contribution is -0.109. The first-order valence-corrected chi connectivity index (χ1v) is 7.14. The van der Waals surface area contributed by atoms with Crippen LogP contribution >= 0.6 is 11.6 Å². The molecule has 5 heteroatoms. The molecule has 1 aromatic heterocycles. The Bertz CT molecular complexity index is 499. The SMILES string of the molecule is C=CC(C)CCC(CCNC=O)c1cc(Cl)c[nH]c1=O. The molecule has 20 heavy (non-hydrogen) atoms. The molecule has 0 spiro atoms. The number of pyridine rings is 1. The van der Waals surface area contributed by atoms with Crippen LogP contribution in [-0.2, 0) is 4.79 Å². The third kappa shape index (κ3) is 5.21. The summed E-state index contributed by atoms with van der Waals surface area (Å²) in [6.07, 6.45) is 6.58. The number of rotatable bonds is 9. The molecule has 1 rings (SSSR count). The number of carbonyl (C=O) groups is 1. The molecule has 0 saturated heterocycles. The van der Waals surface area contributed by atoms with Crippen molar-refractivity contribution < 1.29 is 4.79 Å². The molecule has 0 aliphatic heterocycles. The van der Waals surface area contributed by atoms with E-state index >= 15 is 0 Å². The van der Waals surface area contributed by atoms with Gasteiger partial charge in [0, 0.05) is 18.3 Å². The molecule has 0 fully saturated rings. The molecular formula is C15H21ClN2O2. The second-order valence-electron chi connectivity index (χ2n) is 4.95. The van der Waals surface area contributed by atoms with Crippen LogP contribution in [0.1, 0.15) is 37.7 Å². The molecule has 0 aliphatic rings. The van der Waals surface area contributed by atoms with Crippen molar-refractivity contribution in [2.45, 2.75) is 32.1 Å². The number of aromatic amines is 1. The second kappa shape index (κ2) is 8.59. The zero-order valence-electron chi connectivity index (χ0n) is 11.7. The molecule has 2 unspecified atom stereocenters. The van der Waals surface area contributed by atoms with E-state index in [4.69, 9.17) is 11.6 Å². The average molecular weight is 297 g/mol. The number of hydrogen-bond acceptors (Lipinski definition) is 2. The van der Waals surface area contributed by atoms with Crippen LogP contribution in [0.15, 0.2) is 29.7 Å². The van der Waals surface area contributed by atoms with E-state index in [1.54, 1.807) is 6.07 Å². The Hall–Kier alpha value is -1.55. The standard InChI is InChI=1S/C15H21ClN2O2/c1-3-11(2)4-5-12(6-7-17-10-19)14-8-13(16)9-18-15(14)20/h3,8-12H,1,4-7H2,2H3,(H,17,19)(H,18,20). The maximum atomic E-state index is 11.9. The number of H-pyrrole nitrogens is 1. The molecule has 0 bridgehead atoms. The van der Waals surface area contributed by atoms with Gasteiger partial charge in [0.05, 0.1) is 5.02 Å². The van der Waals surface area contributed by atoms with Gasteiger partial charge < -0.3 is 10.3 Å². The Labute approximate surface area is 124 Å². The monoisotopic (exact) mass is 296 g/mol. The molecule has 4 nitrogen and oxygen atoms in total. The molecule has 0 saturated carbocycles. The zero-order valence-corrected chi connectivity index (χ0v) is 12.5. The molecular weight excluding hydrogens is 276 g/mol. The summed E-state index contributed by atoms with van der Waals surface area (Å²) >= 11 is 5.95. The van der Waals surface area contributed by atoms with Gasteiger partial charge in [-0.1, -0.05) is 24.6 Å². The topological polar surface area (TPSA) is 62.0 Å². The van der Waals surface area contributed by atoms with E-state index in [1.165, 1.54) is 6.20 Å². The third-order valence-electron chi connectivity index (χ3n) is 3.43. The third-order valence-corrected chi connectivity index (χ3v) is 3.65. The molecule has 0 radical (unpaired) electrons. The van der Waals surface area contributed by atoms with Crippen LogP contribution < -0.4 is 10.9 Å². The van der Waals surface area contributed by atoms with Gasteiger partial charge in [-0.3, -0.25) is 9.59 Å².